The molecule has 2 heterocycles. The van der Waals surface area contributed by atoms with E-state index in [0.717, 1.165) is 13.0 Å². The van der Waals surface area contributed by atoms with Crippen LogP contribution in [0.5, 0.6) is 6.01 Å². The highest BCUT2D eigenvalue weighted by molar-refractivity contribution is 5.30. The minimum atomic E-state index is 0.370. The van der Waals surface area contributed by atoms with Crippen molar-refractivity contribution in [2.45, 2.75) is 26.2 Å². The molecule has 0 amide bonds. The normalized spacial score (nSPS) is 14.2. The Morgan fingerprint density at radius 2 is 2.25 bits per heavy atom. The minimum Gasteiger partial charge on any atom is -0.463 e. The molecule has 0 aliphatic heterocycles. The fourth-order valence-corrected chi connectivity index (χ4v) is 1.70. The molecule has 1 N–H and O–H groups in total. The molecule has 0 unspecified atom stereocenters. The summed E-state index contributed by atoms with van der Waals surface area (Å²) in [6, 6.07) is 0.370. The van der Waals surface area contributed by atoms with Gasteiger partial charge in [0.05, 0.1) is 6.61 Å². The number of ether oxygens (including phenoxy) is 1. The van der Waals surface area contributed by atoms with Crippen molar-refractivity contribution in [1.82, 2.24) is 24.5 Å². The van der Waals surface area contributed by atoms with Crippen LogP contribution in [0.3, 0.4) is 0 Å². The lowest BCUT2D eigenvalue weighted by Crippen LogP contribution is -2.11. The Morgan fingerprint density at radius 3 is 2.95 bits per heavy atom. The van der Waals surface area contributed by atoms with Gasteiger partial charge in [-0.2, -0.15) is 15.0 Å². The van der Waals surface area contributed by atoms with Crippen LogP contribution in [0.15, 0.2) is 18.7 Å². The molecule has 0 atom stereocenters. The fraction of sp³-hybridized carbons (Fsp3) is 0.538. The standard InChI is InChI=1S/C13H18N6O/c1-2-5-15-11-16-12(19-7-6-14-9-19)18-13(17-11)20-8-10-3-4-10/h6-7,9-10H,2-5,8H2,1H3,(H,15,16,17,18). The number of nitrogens with one attached hydrogen (secondary N) is 1. The lowest BCUT2D eigenvalue weighted by Gasteiger charge is -2.09. The number of rotatable bonds is 7. The quantitative estimate of drug-likeness (QED) is 0.827. The first kappa shape index (κ1) is 12.8. The first-order chi connectivity index (χ1) is 9.85. The van der Waals surface area contributed by atoms with E-state index in [1.165, 1.54) is 12.8 Å². The Morgan fingerprint density at radius 1 is 1.35 bits per heavy atom. The lowest BCUT2D eigenvalue weighted by atomic mass is 10.5. The van der Waals surface area contributed by atoms with Gasteiger partial charge in [-0.3, -0.25) is 4.57 Å². The first-order valence-electron chi connectivity index (χ1n) is 6.96. The second-order valence-corrected chi connectivity index (χ2v) is 4.89. The molecule has 1 aliphatic rings. The molecule has 7 heteroatoms. The van der Waals surface area contributed by atoms with Gasteiger partial charge in [0, 0.05) is 18.9 Å². The van der Waals surface area contributed by atoms with Gasteiger partial charge >= 0.3 is 6.01 Å². The summed E-state index contributed by atoms with van der Waals surface area (Å²) >= 11 is 0. The second kappa shape index (κ2) is 5.85. The Balaban J connectivity index is 1.81. The van der Waals surface area contributed by atoms with Crippen molar-refractivity contribution in [3.05, 3.63) is 18.7 Å². The number of aromatic nitrogens is 5. The van der Waals surface area contributed by atoms with Crippen LogP contribution in [0.25, 0.3) is 5.95 Å². The molecule has 0 aromatic carbocycles. The minimum absolute atomic E-state index is 0.370. The SMILES string of the molecule is CCCNc1nc(OCC2CC2)nc(-n2ccnc2)n1. The molecule has 1 aliphatic carbocycles. The van der Waals surface area contributed by atoms with Crippen LogP contribution in [-0.2, 0) is 0 Å². The van der Waals surface area contributed by atoms with E-state index in [4.69, 9.17) is 4.74 Å². The number of nitrogens with zero attached hydrogens (tertiary/aromatic N) is 5. The summed E-state index contributed by atoms with van der Waals surface area (Å²) in [5, 5.41) is 3.16. The Bertz CT molecular complexity index is 552. The molecule has 0 spiro atoms. The first-order valence-corrected chi connectivity index (χ1v) is 6.96. The Labute approximate surface area is 117 Å². The van der Waals surface area contributed by atoms with Crippen LogP contribution in [0.4, 0.5) is 5.95 Å². The highest BCUT2D eigenvalue weighted by atomic mass is 16.5. The van der Waals surface area contributed by atoms with Crippen LogP contribution in [0, 0.1) is 5.92 Å². The van der Waals surface area contributed by atoms with Gasteiger partial charge in [-0.05, 0) is 25.2 Å². The summed E-state index contributed by atoms with van der Waals surface area (Å²) in [7, 11) is 0. The maximum atomic E-state index is 5.65. The van der Waals surface area contributed by atoms with Gasteiger partial charge in [0.25, 0.3) is 0 Å². The molecule has 3 rings (SSSR count). The van der Waals surface area contributed by atoms with E-state index in [1.54, 1.807) is 23.3 Å². The van der Waals surface area contributed by atoms with Crippen molar-refractivity contribution in [3.8, 4) is 12.0 Å². The zero-order valence-corrected chi connectivity index (χ0v) is 11.5. The van der Waals surface area contributed by atoms with Crippen LogP contribution in [0.1, 0.15) is 26.2 Å². The van der Waals surface area contributed by atoms with Gasteiger partial charge in [-0.25, -0.2) is 4.98 Å². The van der Waals surface area contributed by atoms with Crippen molar-refractivity contribution >= 4 is 5.95 Å². The van der Waals surface area contributed by atoms with Gasteiger partial charge in [-0.1, -0.05) is 6.92 Å². The van der Waals surface area contributed by atoms with Crippen LogP contribution in [0.2, 0.25) is 0 Å². The highest BCUT2D eigenvalue weighted by Crippen LogP contribution is 2.29. The third-order valence-electron chi connectivity index (χ3n) is 3.02. The number of hydrogen-bond donors (Lipinski definition) is 1. The monoisotopic (exact) mass is 274 g/mol. The molecule has 0 bridgehead atoms. The highest BCUT2D eigenvalue weighted by Gasteiger charge is 2.22. The molecule has 2 aromatic heterocycles. The third-order valence-corrected chi connectivity index (χ3v) is 3.02. The summed E-state index contributed by atoms with van der Waals surface area (Å²) < 4.78 is 7.39. The average molecular weight is 274 g/mol. The van der Waals surface area contributed by atoms with E-state index in [-0.39, 0.29) is 0 Å². The van der Waals surface area contributed by atoms with Crippen LogP contribution < -0.4 is 10.1 Å². The van der Waals surface area contributed by atoms with Crippen molar-refractivity contribution in [1.29, 1.82) is 0 Å². The summed E-state index contributed by atoms with van der Waals surface area (Å²) in [5.74, 6) is 1.72. The number of anilines is 1. The zero-order chi connectivity index (χ0) is 13.8. The van der Waals surface area contributed by atoms with Gasteiger partial charge in [0.2, 0.25) is 11.9 Å². The fourth-order valence-electron chi connectivity index (χ4n) is 1.70. The molecule has 1 saturated carbocycles. The molecular formula is C13H18N6O. The lowest BCUT2D eigenvalue weighted by molar-refractivity contribution is 0.275. The van der Waals surface area contributed by atoms with Crippen LogP contribution >= 0.6 is 0 Å². The average Bonchev–Trinajstić information content (AvgIpc) is 3.14. The predicted octanol–water partition coefficient (Wildman–Crippen LogP) is 1.67. The van der Waals surface area contributed by atoms with E-state index >= 15 is 0 Å². The van der Waals surface area contributed by atoms with Gasteiger partial charge < -0.3 is 10.1 Å². The van der Waals surface area contributed by atoms with Crippen molar-refractivity contribution < 1.29 is 4.74 Å². The Hall–Kier alpha value is -2.18. The number of hydrogen-bond acceptors (Lipinski definition) is 6. The molecule has 1 fully saturated rings. The largest absolute Gasteiger partial charge is 0.463 e. The maximum absolute atomic E-state index is 5.65. The predicted molar refractivity (Wildman–Crippen MR) is 73.9 cm³/mol. The molecular weight excluding hydrogens is 256 g/mol. The molecule has 0 saturated heterocycles. The van der Waals surface area contributed by atoms with E-state index in [0.29, 0.717) is 30.4 Å². The van der Waals surface area contributed by atoms with E-state index in [2.05, 4.69) is 32.2 Å². The summed E-state index contributed by atoms with van der Waals surface area (Å²) in [6.45, 7) is 3.59. The summed E-state index contributed by atoms with van der Waals surface area (Å²) in [5.41, 5.74) is 0. The van der Waals surface area contributed by atoms with Crippen LogP contribution in [-0.4, -0.2) is 37.7 Å². The third kappa shape index (κ3) is 3.23. The van der Waals surface area contributed by atoms with Gasteiger partial charge in [0.15, 0.2) is 0 Å². The van der Waals surface area contributed by atoms with Crippen molar-refractivity contribution in [3.63, 3.8) is 0 Å². The van der Waals surface area contributed by atoms with E-state index in [9.17, 15) is 0 Å². The van der Waals surface area contributed by atoms with Crippen molar-refractivity contribution in [2.24, 2.45) is 5.92 Å². The summed E-state index contributed by atoms with van der Waals surface area (Å²) in [4.78, 5) is 17.0. The molecule has 0 radical (unpaired) electrons. The second-order valence-electron chi connectivity index (χ2n) is 4.89. The maximum Gasteiger partial charge on any atom is 0.323 e. The van der Waals surface area contributed by atoms with Gasteiger partial charge in [-0.15, -0.1) is 0 Å². The number of imidazole rings is 1. The van der Waals surface area contributed by atoms with Crippen molar-refractivity contribution in [2.75, 3.05) is 18.5 Å². The van der Waals surface area contributed by atoms with Gasteiger partial charge in [0.1, 0.15) is 6.33 Å². The molecule has 2 aromatic rings. The topological polar surface area (TPSA) is 77.8 Å². The molecule has 106 valence electrons. The Kier molecular flexibility index (Phi) is 3.76. The van der Waals surface area contributed by atoms with E-state index < -0.39 is 0 Å². The molecule has 7 nitrogen and oxygen atoms in total. The molecule has 20 heavy (non-hydrogen) atoms. The van der Waals surface area contributed by atoms with E-state index in [1.807, 2.05) is 0 Å². The smallest absolute Gasteiger partial charge is 0.323 e. The summed E-state index contributed by atoms with van der Waals surface area (Å²) in [6.07, 6.45) is 8.62. The zero-order valence-electron chi connectivity index (χ0n) is 11.5.